The molecule has 0 saturated carbocycles. The highest BCUT2D eigenvalue weighted by Gasteiger charge is 2.24. The molecule has 3 aromatic rings. The van der Waals surface area contributed by atoms with Crippen molar-refractivity contribution in [2.45, 2.75) is 38.9 Å². The number of ether oxygens (including phenoxy) is 2. The molecule has 2 N–H and O–H groups in total. The Balaban J connectivity index is 1.66. The number of carbonyl (C=O) groups is 2. The normalized spacial score (nSPS) is 12.0. The molecule has 0 aliphatic heterocycles. The van der Waals surface area contributed by atoms with E-state index in [-0.39, 0.29) is 13.2 Å². The fraction of sp³-hybridized carbons (Fsp3) is 0.310. The second-order valence-corrected chi connectivity index (χ2v) is 10.1. The molecule has 0 radical (unpaired) electrons. The molecule has 0 aliphatic carbocycles. The third-order valence-corrected chi connectivity index (χ3v) is 5.69. The van der Waals surface area contributed by atoms with Crippen LogP contribution in [-0.2, 0) is 16.0 Å². The van der Waals surface area contributed by atoms with Crippen LogP contribution in [0.25, 0.3) is 11.1 Å². The van der Waals surface area contributed by atoms with Gasteiger partial charge in [0.1, 0.15) is 11.4 Å². The first-order valence-electron chi connectivity index (χ1n) is 12.0. The molecule has 8 heteroatoms. The van der Waals surface area contributed by atoms with Crippen LogP contribution < -0.4 is 4.74 Å². The number of rotatable bonds is 10. The molecule has 0 fully saturated rings. The van der Waals surface area contributed by atoms with Crippen molar-refractivity contribution in [2.75, 3.05) is 19.7 Å². The molecule has 37 heavy (non-hydrogen) atoms. The van der Waals surface area contributed by atoms with Gasteiger partial charge in [-0.15, -0.1) is 0 Å². The molecule has 3 rings (SSSR count). The Morgan fingerprint density at radius 1 is 0.973 bits per heavy atom. The van der Waals surface area contributed by atoms with E-state index in [0.717, 1.165) is 16.7 Å². The summed E-state index contributed by atoms with van der Waals surface area (Å²) >= 11 is 6.06. The number of hydrogen-bond donors (Lipinski definition) is 2. The van der Waals surface area contributed by atoms with Crippen molar-refractivity contribution in [3.05, 3.63) is 88.9 Å². The van der Waals surface area contributed by atoms with Crippen molar-refractivity contribution in [3.63, 3.8) is 0 Å². The summed E-state index contributed by atoms with van der Waals surface area (Å²) in [5.74, 6) is -0.533. The zero-order valence-corrected chi connectivity index (χ0v) is 21.9. The second-order valence-electron chi connectivity index (χ2n) is 9.65. The third-order valence-electron chi connectivity index (χ3n) is 5.45. The number of carboxylic acid groups (broad SMARTS) is 1. The first-order valence-corrected chi connectivity index (χ1v) is 12.3. The maximum atomic E-state index is 12.9. The summed E-state index contributed by atoms with van der Waals surface area (Å²) in [6, 6.07) is 22.1. The van der Waals surface area contributed by atoms with Gasteiger partial charge in [-0.3, -0.25) is 0 Å². The molecule has 7 nitrogen and oxygen atoms in total. The molecule has 0 bridgehead atoms. The lowest BCUT2D eigenvalue weighted by molar-refractivity contribution is -0.139. The van der Waals surface area contributed by atoms with Crippen LogP contribution in [0.5, 0.6) is 5.75 Å². The molecule has 196 valence electrons. The van der Waals surface area contributed by atoms with Gasteiger partial charge in [-0.1, -0.05) is 60.1 Å². The van der Waals surface area contributed by atoms with Crippen LogP contribution in [0.3, 0.4) is 0 Å². The summed E-state index contributed by atoms with van der Waals surface area (Å²) in [5.41, 5.74) is 2.95. The Kier molecular flexibility index (Phi) is 9.55. The van der Waals surface area contributed by atoms with E-state index in [1.807, 2.05) is 36.4 Å². The number of benzene rings is 3. The van der Waals surface area contributed by atoms with Gasteiger partial charge in [-0.2, -0.15) is 0 Å². The number of halogens is 1. The minimum atomic E-state index is -1.02. The standard InChI is InChI=1S/C29H32ClNO6/c1-29(2,3)37-28(35)31(18-26(32)23-5-4-6-24(30)17-23)16-15-20-7-9-21(10-8-20)22-11-13-25(14-12-22)36-19-27(33)34/h4-14,17,26,32H,15-16,18-19H2,1-3H3,(H,33,34)/t26-/m0/s1. The smallest absolute Gasteiger partial charge is 0.410 e. The lowest BCUT2D eigenvalue weighted by atomic mass is 10.0. The first-order chi connectivity index (χ1) is 17.5. The summed E-state index contributed by atoms with van der Waals surface area (Å²) in [5, 5.41) is 20.0. The van der Waals surface area contributed by atoms with Crippen LogP contribution in [0, 0.1) is 0 Å². The summed E-state index contributed by atoms with van der Waals surface area (Å²) in [7, 11) is 0. The molecule has 1 atom stereocenters. The van der Waals surface area contributed by atoms with Crippen LogP contribution >= 0.6 is 11.6 Å². The molecule has 0 aromatic heterocycles. The highest BCUT2D eigenvalue weighted by atomic mass is 35.5. The number of aliphatic hydroxyl groups is 1. The SMILES string of the molecule is CC(C)(C)OC(=O)N(CCc1ccc(-c2ccc(OCC(=O)O)cc2)cc1)C[C@H](O)c1cccc(Cl)c1. The number of carbonyl (C=O) groups excluding carboxylic acids is 1. The van der Waals surface area contributed by atoms with Crippen LogP contribution in [0.2, 0.25) is 5.02 Å². The number of amides is 1. The van der Waals surface area contributed by atoms with Crippen LogP contribution in [0.1, 0.15) is 38.0 Å². The monoisotopic (exact) mass is 525 g/mol. The highest BCUT2D eigenvalue weighted by Crippen LogP contribution is 2.24. The summed E-state index contributed by atoms with van der Waals surface area (Å²) in [6.07, 6.45) is -0.824. The summed E-state index contributed by atoms with van der Waals surface area (Å²) in [4.78, 5) is 25.0. The second kappa shape index (κ2) is 12.6. The maximum Gasteiger partial charge on any atom is 0.410 e. The zero-order valence-electron chi connectivity index (χ0n) is 21.2. The molecule has 3 aromatic carbocycles. The van der Waals surface area contributed by atoms with Crippen molar-refractivity contribution in [1.82, 2.24) is 4.90 Å². The zero-order chi connectivity index (χ0) is 27.0. The van der Waals surface area contributed by atoms with Gasteiger partial charge in [0, 0.05) is 11.6 Å². The van der Waals surface area contributed by atoms with E-state index in [1.54, 1.807) is 57.2 Å². The Morgan fingerprint density at radius 2 is 1.59 bits per heavy atom. The van der Waals surface area contributed by atoms with Gasteiger partial charge < -0.3 is 24.6 Å². The van der Waals surface area contributed by atoms with Crippen molar-refractivity contribution < 1.29 is 29.3 Å². The van der Waals surface area contributed by atoms with Crippen LogP contribution in [0.4, 0.5) is 4.79 Å². The summed E-state index contributed by atoms with van der Waals surface area (Å²) in [6.45, 7) is 5.47. The van der Waals surface area contributed by atoms with Gasteiger partial charge in [0.25, 0.3) is 0 Å². The fourth-order valence-corrected chi connectivity index (χ4v) is 3.83. The van der Waals surface area contributed by atoms with Gasteiger partial charge >= 0.3 is 12.1 Å². The lowest BCUT2D eigenvalue weighted by Crippen LogP contribution is -2.40. The van der Waals surface area contributed by atoms with E-state index < -0.39 is 23.8 Å². The van der Waals surface area contributed by atoms with Gasteiger partial charge in [0.2, 0.25) is 0 Å². The third kappa shape index (κ3) is 9.12. The predicted octanol–water partition coefficient (Wildman–Crippen LogP) is 5.98. The Hall–Kier alpha value is -3.55. The molecule has 0 spiro atoms. The molecule has 0 aliphatic rings. The molecule has 0 saturated heterocycles. The van der Waals surface area contributed by atoms with Crippen LogP contribution in [0.15, 0.2) is 72.8 Å². The topological polar surface area (TPSA) is 96.3 Å². The van der Waals surface area contributed by atoms with E-state index in [1.165, 1.54) is 4.90 Å². The fourth-order valence-electron chi connectivity index (χ4n) is 3.63. The van der Waals surface area contributed by atoms with Crippen LogP contribution in [-0.4, -0.2) is 52.5 Å². The lowest BCUT2D eigenvalue weighted by Gasteiger charge is -2.29. The number of aliphatic hydroxyl groups excluding tert-OH is 1. The van der Waals surface area contributed by atoms with Gasteiger partial charge in [0.15, 0.2) is 6.61 Å². The van der Waals surface area contributed by atoms with Gasteiger partial charge in [0.05, 0.1) is 12.6 Å². The molecular formula is C29H32ClNO6. The predicted molar refractivity (Wildman–Crippen MR) is 143 cm³/mol. The number of hydrogen-bond acceptors (Lipinski definition) is 5. The minimum Gasteiger partial charge on any atom is -0.482 e. The highest BCUT2D eigenvalue weighted by molar-refractivity contribution is 6.30. The molecule has 0 heterocycles. The number of nitrogens with zero attached hydrogens (tertiary/aromatic N) is 1. The van der Waals surface area contributed by atoms with Crippen molar-refractivity contribution in [1.29, 1.82) is 0 Å². The number of aliphatic carboxylic acids is 1. The Bertz CT molecular complexity index is 1190. The average Bonchev–Trinajstić information content (AvgIpc) is 2.84. The maximum absolute atomic E-state index is 12.9. The Labute approximate surface area is 222 Å². The average molecular weight is 526 g/mol. The Morgan fingerprint density at radius 3 is 2.16 bits per heavy atom. The largest absolute Gasteiger partial charge is 0.482 e. The van der Waals surface area contributed by atoms with E-state index in [0.29, 0.717) is 29.3 Å². The quantitative estimate of drug-likeness (QED) is 0.338. The summed E-state index contributed by atoms with van der Waals surface area (Å²) < 4.78 is 10.7. The van der Waals surface area contributed by atoms with E-state index >= 15 is 0 Å². The minimum absolute atomic E-state index is 0.0731. The number of carboxylic acids is 1. The first kappa shape index (κ1) is 28.0. The van der Waals surface area contributed by atoms with Crippen molar-refractivity contribution in [3.8, 4) is 16.9 Å². The van der Waals surface area contributed by atoms with E-state index in [2.05, 4.69) is 0 Å². The van der Waals surface area contributed by atoms with Gasteiger partial charge in [-0.25, -0.2) is 9.59 Å². The van der Waals surface area contributed by atoms with Gasteiger partial charge in [-0.05, 0) is 73.7 Å². The molecular weight excluding hydrogens is 494 g/mol. The van der Waals surface area contributed by atoms with Crippen molar-refractivity contribution in [2.24, 2.45) is 0 Å². The van der Waals surface area contributed by atoms with E-state index in [9.17, 15) is 14.7 Å². The van der Waals surface area contributed by atoms with Crippen molar-refractivity contribution >= 4 is 23.7 Å². The molecule has 0 unspecified atom stereocenters. The van der Waals surface area contributed by atoms with E-state index in [4.69, 9.17) is 26.2 Å². The molecule has 1 amide bonds.